The van der Waals surface area contributed by atoms with E-state index in [-0.39, 0.29) is 0 Å². The summed E-state index contributed by atoms with van der Waals surface area (Å²) < 4.78 is 105. The summed E-state index contributed by atoms with van der Waals surface area (Å²) in [4.78, 5) is 9.61. The Hall–Kier alpha value is -0.960. The normalized spacial score (nSPS) is 15.3. The molecule has 0 N–H and O–H groups in total. The lowest BCUT2D eigenvalue weighted by molar-refractivity contribution is -0.402. The maximum Gasteiger partial charge on any atom is 0.418 e. The molecular formula is C5HF9O. The van der Waals surface area contributed by atoms with Crippen LogP contribution in [0.3, 0.4) is 0 Å². The van der Waals surface area contributed by atoms with Crippen LogP contribution in [0.15, 0.2) is 0 Å². The lowest BCUT2D eigenvalue weighted by atomic mass is 9.87. The van der Waals surface area contributed by atoms with Crippen LogP contribution in [0, 0.1) is 5.41 Å². The molecule has 0 aliphatic heterocycles. The molecular weight excluding hydrogens is 247 g/mol. The Bertz CT molecular complexity index is 207. The Balaban J connectivity index is 5.89. The van der Waals surface area contributed by atoms with Gasteiger partial charge in [-0.2, -0.15) is 39.5 Å². The molecule has 0 radical (unpaired) electrons. The Morgan fingerprint density at radius 2 is 0.800 bits per heavy atom. The van der Waals surface area contributed by atoms with Crippen molar-refractivity contribution in [3.63, 3.8) is 0 Å². The molecule has 0 atom stereocenters. The van der Waals surface area contributed by atoms with Crippen molar-refractivity contribution in [2.24, 2.45) is 5.41 Å². The molecule has 0 heterocycles. The van der Waals surface area contributed by atoms with Gasteiger partial charge in [-0.15, -0.1) is 0 Å². The van der Waals surface area contributed by atoms with Gasteiger partial charge in [0.25, 0.3) is 0 Å². The summed E-state index contributed by atoms with van der Waals surface area (Å²) in [7, 11) is 0. The van der Waals surface area contributed by atoms with E-state index in [0.717, 1.165) is 0 Å². The zero-order valence-corrected chi connectivity index (χ0v) is 6.39. The predicted molar refractivity (Wildman–Crippen MR) is 26.7 cm³/mol. The van der Waals surface area contributed by atoms with Crippen molar-refractivity contribution in [3.05, 3.63) is 0 Å². The average Bonchev–Trinajstić information content (AvgIpc) is 1.76. The number of rotatable bonds is 1. The predicted octanol–water partition coefficient (Wildman–Crippen LogP) is 2.86. The van der Waals surface area contributed by atoms with E-state index in [1.807, 2.05) is 0 Å². The number of alkyl halides is 9. The molecule has 0 aromatic carbocycles. The fourth-order valence-corrected chi connectivity index (χ4v) is 0.683. The van der Waals surface area contributed by atoms with Gasteiger partial charge in [-0.1, -0.05) is 0 Å². The summed E-state index contributed by atoms with van der Waals surface area (Å²) in [5.41, 5.74) is -6.33. The standard InChI is InChI=1S/C5HF9O/c6-3(7,8)2(1-15,4(9,10)11)5(12,13)14/h1H. The van der Waals surface area contributed by atoms with Gasteiger partial charge in [0.05, 0.1) is 0 Å². The van der Waals surface area contributed by atoms with E-state index < -0.39 is 30.2 Å². The van der Waals surface area contributed by atoms with Gasteiger partial charge < -0.3 is 4.79 Å². The van der Waals surface area contributed by atoms with Crippen molar-refractivity contribution >= 4 is 6.29 Å². The summed E-state index contributed by atoms with van der Waals surface area (Å²) in [6, 6.07) is 0. The molecule has 0 fully saturated rings. The third-order valence-corrected chi connectivity index (χ3v) is 1.52. The summed E-state index contributed by atoms with van der Waals surface area (Å²) >= 11 is 0. The minimum atomic E-state index is -6.79. The maximum absolute atomic E-state index is 11.7. The molecule has 0 aliphatic carbocycles. The zero-order chi connectivity index (χ0) is 12.7. The van der Waals surface area contributed by atoms with Crippen LogP contribution in [-0.2, 0) is 4.79 Å². The minimum absolute atomic E-state index is 2.19. The first kappa shape index (κ1) is 14.0. The van der Waals surface area contributed by atoms with Gasteiger partial charge in [-0.3, -0.25) is 0 Å². The number of carbonyl (C=O) groups is 1. The highest BCUT2D eigenvalue weighted by atomic mass is 19.4. The first-order valence-electron chi connectivity index (χ1n) is 2.98. The third kappa shape index (κ3) is 1.88. The zero-order valence-electron chi connectivity index (χ0n) is 6.39. The maximum atomic E-state index is 11.7. The first-order valence-corrected chi connectivity index (χ1v) is 2.98. The van der Waals surface area contributed by atoms with Crippen molar-refractivity contribution in [1.29, 1.82) is 0 Å². The molecule has 90 valence electrons. The van der Waals surface area contributed by atoms with Crippen LogP contribution >= 0.6 is 0 Å². The molecule has 10 heteroatoms. The molecule has 0 saturated carbocycles. The number of carbonyl (C=O) groups excluding carboxylic acids is 1. The molecule has 1 nitrogen and oxygen atoms in total. The van der Waals surface area contributed by atoms with E-state index in [4.69, 9.17) is 0 Å². The van der Waals surface area contributed by atoms with Crippen LogP contribution in [0.1, 0.15) is 0 Å². The molecule has 0 spiro atoms. The van der Waals surface area contributed by atoms with Crippen molar-refractivity contribution in [2.75, 3.05) is 0 Å². The smallest absolute Gasteiger partial charge is 0.302 e. The minimum Gasteiger partial charge on any atom is -0.302 e. The second kappa shape index (κ2) is 3.27. The Kier molecular flexibility index (Phi) is 3.06. The number of halogens is 9. The molecule has 0 bridgehead atoms. The van der Waals surface area contributed by atoms with Crippen molar-refractivity contribution in [1.82, 2.24) is 0 Å². The van der Waals surface area contributed by atoms with E-state index in [1.165, 1.54) is 0 Å². The Morgan fingerprint density at radius 1 is 0.600 bits per heavy atom. The highest BCUT2D eigenvalue weighted by molar-refractivity contribution is 5.64. The summed E-state index contributed by atoms with van der Waals surface area (Å²) in [5.74, 6) is 0. The van der Waals surface area contributed by atoms with Crippen molar-refractivity contribution in [3.8, 4) is 0 Å². The average molecular weight is 248 g/mol. The second-order valence-electron chi connectivity index (χ2n) is 2.42. The number of hydrogen-bond donors (Lipinski definition) is 0. The van der Waals surface area contributed by atoms with E-state index in [1.54, 1.807) is 0 Å². The summed E-state index contributed by atoms with van der Waals surface area (Å²) in [6.07, 6.45) is -22.5. The highest BCUT2D eigenvalue weighted by Gasteiger charge is 2.84. The van der Waals surface area contributed by atoms with Gasteiger partial charge in [0, 0.05) is 0 Å². The van der Waals surface area contributed by atoms with Crippen LogP contribution < -0.4 is 0 Å². The van der Waals surface area contributed by atoms with Gasteiger partial charge in [0.2, 0.25) is 0 Å². The Morgan fingerprint density at radius 3 is 0.800 bits per heavy atom. The highest BCUT2D eigenvalue weighted by Crippen LogP contribution is 2.57. The lowest BCUT2D eigenvalue weighted by Gasteiger charge is -2.33. The van der Waals surface area contributed by atoms with E-state index in [0.29, 0.717) is 0 Å². The topological polar surface area (TPSA) is 17.1 Å². The molecule has 0 saturated heterocycles. The van der Waals surface area contributed by atoms with Crippen molar-refractivity contribution in [2.45, 2.75) is 18.5 Å². The van der Waals surface area contributed by atoms with E-state index in [2.05, 4.69) is 0 Å². The molecule has 0 aromatic rings. The van der Waals surface area contributed by atoms with Gasteiger partial charge in [-0.25, -0.2) is 0 Å². The fraction of sp³-hybridized carbons (Fsp3) is 0.800. The fourth-order valence-electron chi connectivity index (χ4n) is 0.683. The van der Waals surface area contributed by atoms with Crippen LogP contribution in [0.5, 0.6) is 0 Å². The molecule has 0 rings (SSSR count). The largest absolute Gasteiger partial charge is 0.418 e. The molecule has 0 unspecified atom stereocenters. The number of aldehydes is 1. The van der Waals surface area contributed by atoms with Crippen LogP contribution in [-0.4, -0.2) is 24.8 Å². The Labute approximate surface area is 75.9 Å². The quantitative estimate of drug-likeness (QED) is 0.515. The SMILES string of the molecule is O=CC(C(F)(F)F)(C(F)(F)F)C(F)(F)F. The third-order valence-electron chi connectivity index (χ3n) is 1.52. The molecule has 0 amide bonds. The number of hydrogen-bond acceptors (Lipinski definition) is 1. The second-order valence-corrected chi connectivity index (χ2v) is 2.42. The van der Waals surface area contributed by atoms with Crippen molar-refractivity contribution < 1.29 is 44.3 Å². The summed E-state index contributed by atoms with van der Waals surface area (Å²) in [6.45, 7) is 0. The van der Waals surface area contributed by atoms with Crippen LogP contribution in [0.25, 0.3) is 0 Å². The first-order chi connectivity index (χ1) is 6.31. The van der Waals surface area contributed by atoms with Crippen LogP contribution in [0.4, 0.5) is 39.5 Å². The molecule has 15 heavy (non-hydrogen) atoms. The van der Waals surface area contributed by atoms with Gasteiger partial charge in [0.15, 0.2) is 6.29 Å². The van der Waals surface area contributed by atoms with Gasteiger partial charge >= 0.3 is 23.9 Å². The lowest BCUT2D eigenvalue weighted by Crippen LogP contribution is -2.60. The van der Waals surface area contributed by atoms with Crippen LogP contribution in [0.2, 0.25) is 0 Å². The summed E-state index contributed by atoms with van der Waals surface area (Å²) in [5, 5.41) is 0. The molecule has 0 aromatic heterocycles. The van der Waals surface area contributed by atoms with E-state index >= 15 is 0 Å². The van der Waals surface area contributed by atoms with Gasteiger partial charge in [-0.05, 0) is 0 Å². The van der Waals surface area contributed by atoms with Gasteiger partial charge in [0.1, 0.15) is 0 Å². The monoisotopic (exact) mass is 248 g/mol. The molecule has 0 aliphatic rings. The van der Waals surface area contributed by atoms with E-state index in [9.17, 15) is 44.3 Å².